The highest BCUT2D eigenvalue weighted by molar-refractivity contribution is 5.12. The van der Waals surface area contributed by atoms with E-state index in [0.717, 1.165) is 12.2 Å². The molecule has 0 radical (unpaired) electrons. The molecule has 1 fully saturated rings. The number of hydrogen-bond acceptors (Lipinski definition) is 2. The monoisotopic (exact) mass is 216 g/mol. The number of nitrogens with zero attached hydrogens (tertiary/aromatic N) is 4. The topological polar surface area (TPSA) is 35.6 Å². The summed E-state index contributed by atoms with van der Waals surface area (Å²) in [4.78, 5) is 8.57. The third kappa shape index (κ3) is 1.54. The first-order valence-corrected chi connectivity index (χ1v) is 5.74. The molecule has 16 heavy (non-hydrogen) atoms. The maximum Gasteiger partial charge on any atom is 0.0955 e. The molecule has 0 atom stereocenters. The van der Waals surface area contributed by atoms with Gasteiger partial charge in [-0.05, 0) is 26.7 Å². The number of aromatic nitrogens is 4. The second-order valence-corrected chi connectivity index (χ2v) is 4.57. The van der Waals surface area contributed by atoms with E-state index in [1.165, 1.54) is 24.2 Å². The van der Waals surface area contributed by atoms with Gasteiger partial charge in [-0.25, -0.2) is 9.97 Å². The van der Waals surface area contributed by atoms with Crippen LogP contribution in [0.2, 0.25) is 0 Å². The van der Waals surface area contributed by atoms with Crippen LogP contribution in [0.3, 0.4) is 0 Å². The largest absolute Gasteiger partial charge is 0.330 e. The maximum absolute atomic E-state index is 4.32. The molecule has 4 nitrogen and oxygen atoms in total. The molecule has 0 unspecified atom stereocenters. The van der Waals surface area contributed by atoms with Gasteiger partial charge in [0.2, 0.25) is 0 Å². The van der Waals surface area contributed by atoms with Crippen molar-refractivity contribution in [2.45, 2.75) is 39.3 Å². The zero-order valence-electron chi connectivity index (χ0n) is 9.72. The van der Waals surface area contributed by atoms with E-state index in [1.54, 1.807) is 0 Å². The summed E-state index contributed by atoms with van der Waals surface area (Å²) < 4.78 is 4.49. The lowest BCUT2D eigenvalue weighted by atomic mass is 10.3. The van der Waals surface area contributed by atoms with Crippen LogP contribution >= 0.6 is 0 Å². The molecule has 4 heteroatoms. The average Bonchev–Trinajstić information content (AvgIpc) is 2.95. The Kier molecular flexibility index (Phi) is 2.09. The fraction of sp³-hybridized carbons (Fsp3) is 0.500. The Balaban J connectivity index is 1.88. The molecule has 0 N–H and O–H groups in total. The van der Waals surface area contributed by atoms with Crippen LogP contribution in [0.5, 0.6) is 0 Å². The van der Waals surface area contributed by atoms with Gasteiger partial charge in [0.15, 0.2) is 0 Å². The Labute approximate surface area is 94.9 Å². The third-order valence-electron chi connectivity index (χ3n) is 3.36. The van der Waals surface area contributed by atoms with E-state index in [-0.39, 0.29) is 0 Å². The van der Waals surface area contributed by atoms with Crippen molar-refractivity contribution in [1.29, 1.82) is 0 Å². The van der Waals surface area contributed by atoms with E-state index in [2.05, 4.69) is 26.0 Å². The van der Waals surface area contributed by atoms with Crippen molar-refractivity contribution in [2.75, 3.05) is 0 Å². The van der Waals surface area contributed by atoms with Gasteiger partial charge in [0.25, 0.3) is 0 Å². The molecule has 0 aromatic carbocycles. The summed E-state index contributed by atoms with van der Waals surface area (Å²) in [6.07, 6.45) is 8.42. The summed E-state index contributed by atoms with van der Waals surface area (Å²) in [5, 5.41) is 0. The lowest BCUT2D eigenvalue weighted by Crippen LogP contribution is -2.06. The minimum Gasteiger partial charge on any atom is -0.330 e. The van der Waals surface area contributed by atoms with Crippen LogP contribution in [0, 0.1) is 13.8 Å². The van der Waals surface area contributed by atoms with E-state index in [1.807, 2.05) is 25.8 Å². The van der Waals surface area contributed by atoms with Gasteiger partial charge in [-0.1, -0.05) is 0 Å². The Morgan fingerprint density at radius 1 is 1.31 bits per heavy atom. The van der Waals surface area contributed by atoms with Crippen molar-refractivity contribution >= 4 is 0 Å². The molecule has 0 amide bonds. The molecule has 2 aromatic rings. The van der Waals surface area contributed by atoms with Gasteiger partial charge in [-0.3, -0.25) is 0 Å². The minimum atomic E-state index is 0.697. The van der Waals surface area contributed by atoms with Gasteiger partial charge in [0, 0.05) is 17.9 Å². The van der Waals surface area contributed by atoms with Crippen LogP contribution < -0.4 is 0 Å². The summed E-state index contributed by atoms with van der Waals surface area (Å²) in [7, 11) is 0. The second-order valence-electron chi connectivity index (χ2n) is 4.57. The third-order valence-corrected chi connectivity index (χ3v) is 3.36. The van der Waals surface area contributed by atoms with Gasteiger partial charge in [0.1, 0.15) is 0 Å². The predicted octanol–water partition coefficient (Wildman–Crippen LogP) is 2.08. The first-order chi connectivity index (χ1) is 7.75. The Bertz CT molecular complexity index is 505. The fourth-order valence-corrected chi connectivity index (χ4v) is 2.01. The van der Waals surface area contributed by atoms with Crippen molar-refractivity contribution in [3.63, 3.8) is 0 Å². The van der Waals surface area contributed by atoms with E-state index in [0.29, 0.717) is 6.04 Å². The molecule has 0 saturated heterocycles. The van der Waals surface area contributed by atoms with Gasteiger partial charge in [0.05, 0.1) is 30.6 Å². The second kappa shape index (κ2) is 3.47. The summed E-state index contributed by atoms with van der Waals surface area (Å²) >= 11 is 0. The van der Waals surface area contributed by atoms with Crippen LogP contribution in [0.15, 0.2) is 18.9 Å². The highest BCUT2D eigenvalue weighted by atomic mass is 15.1. The number of aryl methyl sites for hydroxylation is 1. The Morgan fingerprint density at radius 2 is 2.12 bits per heavy atom. The first kappa shape index (κ1) is 9.63. The molecule has 1 saturated carbocycles. The van der Waals surface area contributed by atoms with Crippen molar-refractivity contribution in [2.24, 2.45) is 0 Å². The van der Waals surface area contributed by atoms with Crippen LogP contribution in [-0.4, -0.2) is 19.1 Å². The van der Waals surface area contributed by atoms with E-state index < -0.39 is 0 Å². The Hall–Kier alpha value is -1.58. The molecule has 0 spiro atoms. The average molecular weight is 216 g/mol. The van der Waals surface area contributed by atoms with Crippen LogP contribution in [0.25, 0.3) is 0 Å². The van der Waals surface area contributed by atoms with E-state index in [4.69, 9.17) is 0 Å². The molecule has 0 aliphatic heterocycles. The zero-order valence-corrected chi connectivity index (χ0v) is 9.72. The summed E-state index contributed by atoms with van der Waals surface area (Å²) in [5.74, 6) is 0. The van der Waals surface area contributed by atoms with Gasteiger partial charge >= 0.3 is 0 Å². The molecule has 1 aliphatic carbocycles. The zero-order chi connectivity index (χ0) is 11.1. The van der Waals surface area contributed by atoms with Crippen LogP contribution in [0.4, 0.5) is 0 Å². The fourth-order valence-electron chi connectivity index (χ4n) is 2.01. The molecule has 3 rings (SSSR count). The van der Waals surface area contributed by atoms with Gasteiger partial charge in [-0.15, -0.1) is 0 Å². The van der Waals surface area contributed by atoms with Crippen molar-refractivity contribution in [1.82, 2.24) is 19.1 Å². The summed E-state index contributed by atoms with van der Waals surface area (Å²) in [6.45, 7) is 5.04. The summed E-state index contributed by atoms with van der Waals surface area (Å²) in [6, 6.07) is 0.697. The lowest BCUT2D eigenvalue weighted by molar-refractivity contribution is 0.648. The van der Waals surface area contributed by atoms with Crippen molar-refractivity contribution in [3.05, 3.63) is 35.9 Å². The molecule has 2 aromatic heterocycles. The summed E-state index contributed by atoms with van der Waals surface area (Å²) in [5.41, 5.74) is 3.63. The number of hydrogen-bond donors (Lipinski definition) is 0. The van der Waals surface area contributed by atoms with Gasteiger partial charge < -0.3 is 9.13 Å². The smallest absolute Gasteiger partial charge is 0.0955 e. The van der Waals surface area contributed by atoms with Crippen LogP contribution in [0.1, 0.15) is 36.0 Å². The standard InChI is InChI=1S/C12H16N4/c1-9-10(2)15(8-14-9)6-12-5-13-7-16(12)11-3-4-11/h5,7-8,11H,3-4,6H2,1-2H3. The molecular weight excluding hydrogens is 200 g/mol. The molecule has 1 aliphatic rings. The lowest BCUT2D eigenvalue weighted by Gasteiger charge is -2.08. The predicted molar refractivity (Wildman–Crippen MR) is 61.3 cm³/mol. The highest BCUT2D eigenvalue weighted by Gasteiger charge is 2.25. The van der Waals surface area contributed by atoms with Crippen molar-refractivity contribution < 1.29 is 0 Å². The van der Waals surface area contributed by atoms with E-state index >= 15 is 0 Å². The van der Waals surface area contributed by atoms with Gasteiger partial charge in [-0.2, -0.15) is 0 Å². The van der Waals surface area contributed by atoms with Crippen molar-refractivity contribution in [3.8, 4) is 0 Å². The highest BCUT2D eigenvalue weighted by Crippen LogP contribution is 2.35. The SMILES string of the molecule is Cc1ncn(Cc2cncn2C2CC2)c1C. The molecule has 2 heterocycles. The quantitative estimate of drug-likeness (QED) is 0.787. The first-order valence-electron chi connectivity index (χ1n) is 5.74. The number of rotatable bonds is 3. The molecular formula is C12H16N4. The maximum atomic E-state index is 4.32. The molecule has 84 valence electrons. The van der Waals surface area contributed by atoms with Crippen LogP contribution in [-0.2, 0) is 6.54 Å². The minimum absolute atomic E-state index is 0.697. The number of imidazole rings is 2. The molecule has 0 bridgehead atoms. The van der Waals surface area contributed by atoms with E-state index in [9.17, 15) is 0 Å². The normalized spacial score (nSPS) is 15.6. The Morgan fingerprint density at radius 3 is 2.75 bits per heavy atom.